The Hall–Kier alpha value is -3.17. The smallest absolute Gasteiger partial charge is 0.262 e. The van der Waals surface area contributed by atoms with Gasteiger partial charge in [-0.3, -0.25) is 4.79 Å². The summed E-state index contributed by atoms with van der Waals surface area (Å²) in [4.78, 5) is 24.1. The molecule has 4 aromatic rings. The minimum atomic E-state index is -0.0920. The third kappa shape index (κ3) is 3.57. The normalized spacial score (nSPS) is 12.3. The molecule has 5 rings (SSSR count). The third-order valence-corrected chi connectivity index (χ3v) is 6.91. The second-order valence-electron chi connectivity index (χ2n) is 6.76. The minimum Gasteiger partial charge on any atom is -0.454 e. The Morgan fingerprint density at radius 1 is 1.17 bits per heavy atom. The number of hydrogen-bond donors (Lipinski definition) is 2. The molecule has 1 aliphatic heterocycles. The number of carbonyl (C=O) groups is 1. The van der Waals surface area contributed by atoms with Crippen molar-refractivity contribution in [1.82, 2.24) is 15.3 Å². The molecule has 1 aliphatic rings. The lowest BCUT2D eigenvalue weighted by atomic mass is 10.1. The van der Waals surface area contributed by atoms with Crippen LogP contribution >= 0.6 is 22.7 Å². The van der Waals surface area contributed by atoms with Gasteiger partial charge in [0.15, 0.2) is 11.5 Å². The Labute approximate surface area is 180 Å². The molecule has 30 heavy (non-hydrogen) atoms. The number of rotatable bonds is 6. The van der Waals surface area contributed by atoms with Crippen LogP contribution in [0.3, 0.4) is 0 Å². The van der Waals surface area contributed by atoms with Crippen LogP contribution in [0.4, 0.5) is 5.82 Å². The van der Waals surface area contributed by atoms with Crippen molar-refractivity contribution in [3.05, 3.63) is 62.9 Å². The molecule has 3 aromatic heterocycles. The van der Waals surface area contributed by atoms with Crippen molar-refractivity contribution in [2.24, 2.45) is 0 Å². The van der Waals surface area contributed by atoms with Gasteiger partial charge in [-0.2, -0.15) is 0 Å². The lowest BCUT2D eigenvalue weighted by Crippen LogP contribution is -2.21. The largest absolute Gasteiger partial charge is 0.454 e. The van der Waals surface area contributed by atoms with E-state index in [9.17, 15) is 4.79 Å². The molecule has 2 N–H and O–H groups in total. The number of amides is 1. The van der Waals surface area contributed by atoms with Gasteiger partial charge in [-0.25, -0.2) is 9.97 Å². The molecule has 0 unspecified atom stereocenters. The van der Waals surface area contributed by atoms with Crippen LogP contribution in [0, 0.1) is 6.92 Å². The third-order valence-electron chi connectivity index (χ3n) is 4.83. The highest BCUT2D eigenvalue weighted by Crippen LogP contribution is 2.35. The fourth-order valence-corrected chi connectivity index (χ4v) is 5.03. The van der Waals surface area contributed by atoms with Gasteiger partial charge in [0.05, 0.1) is 16.8 Å². The number of ether oxygens (including phenoxy) is 2. The number of aromatic nitrogens is 2. The van der Waals surface area contributed by atoms with E-state index in [1.807, 2.05) is 42.6 Å². The summed E-state index contributed by atoms with van der Waals surface area (Å²) < 4.78 is 10.8. The lowest BCUT2D eigenvalue weighted by Gasteiger charge is -2.08. The highest BCUT2D eigenvalue weighted by Gasteiger charge is 2.19. The summed E-state index contributed by atoms with van der Waals surface area (Å²) in [6, 6.07) is 9.83. The monoisotopic (exact) mass is 438 g/mol. The summed E-state index contributed by atoms with van der Waals surface area (Å²) in [6.07, 6.45) is 1.52. The van der Waals surface area contributed by atoms with Crippen molar-refractivity contribution in [3.63, 3.8) is 0 Å². The number of anilines is 1. The van der Waals surface area contributed by atoms with E-state index in [1.165, 1.54) is 17.7 Å². The van der Waals surface area contributed by atoms with E-state index in [0.29, 0.717) is 23.8 Å². The van der Waals surface area contributed by atoms with Gasteiger partial charge in [-0.05, 0) is 41.6 Å². The fraction of sp³-hybridized carbons (Fsp3) is 0.190. The van der Waals surface area contributed by atoms with E-state index in [0.717, 1.165) is 37.7 Å². The summed E-state index contributed by atoms with van der Waals surface area (Å²) in [6.45, 7) is 3.28. The summed E-state index contributed by atoms with van der Waals surface area (Å²) >= 11 is 3.01. The molecule has 7 nitrogen and oxygen atoms in total. The quantitative estimate of drug-likeness (QED) is 0.466. The second-order valence-corrected chi connectivity index (χ2v) is 8.79. The van der Waals surface area contributed by atoms with Gasteiger partial charge in [0.1, 0.15) is 17.0 Å². The average Bonchev–Trinajstić information content (AvgIpc) is 3.50. The topological polar surface area (TPSA) is 85.4 Å². The molecule has 0 aliphatic carbocycles. The summed E-state index contributed by atoms with van der Waals surface area (Å²) in [5.41, 5.74) is 1.93. The first-order chi connectivity index (χ1) is 14.7. The Morgan fingerprint density at radius 2 is 2.07 bits per heavy atom. The van der Waals surface area contributed by atoms with E-state index < -0.39 is 0 Å². The van der Waals surface area contributed by atoms with E-state index in [-0.39, 0.29) is 12.7 Å². The number of nitrogens with one attached hydrogen (secondary N) is 2. The van der Waals surface area contributed by atoms with Crippen molar-refractivity contribution in [1.29, 1.82) is 0 Å². The van der Waals surface area contributed by atoms with Gasteiger partial charge in [-0.15, -0.1) is 22.7 Å². The number of benzene rings is 1. The number of nitrogens with zero attached hydrogens (tertiary/aromatic N) is 2. The molecule has 0 fully saturated rings. The molecule has 0 bridgehead atoms. The van der Waals surface area contributed by atoms with Gasteiger partial charge >= 0.3 is 0 Å². The maximum absolute atomic E-state index is 12.7. The van der Waals surface area contributed by atoms with Crippen LogP contribution in [-0.4, -0.2) is 22.7 Å². The van der Waals surface area contributed by atoms with E-state index in [1.54, 1.807) is 11.3 Å². The molecule has 0 atom stereocenters. The molecule has 9 heteroatoms. The average molecular weight is 439 g/mol. The van der Waals surface area contributed by atoms with Crippen LogP contribution in [0.1, 0.15) is 25.7 Å². The number of hydrogen-bond acceptors (Lipinski definition) is 8. The van der Waals surface area contributed by atoms with Gasteiger partial charge in [0, 0.05) is 11.4 Å². The first kappa shape index (κ1) is 18.8. The zero-order valence-corrected chi connectivity index (χ0v) is 17.7. The molecule has 4 heterocycles. The van der Waals surface area contributed by atoms with Crippen LogP contribution in [0.25, 0.3) is 10.2 Å². The first-order valence-electron chi connectivity index (χ1n) is 9.36. The molecular weight excluding hydrogens is 420 g/mol. The highest BCUT2D eigenvalue weighted by molar-refractivity contribution is 7.20. The van der Waals surface area contributed by atoms with E-state index in [4.69, 9.17) is 9.47 Å². The molecule has 1 amide bonds. The van der Waals surface area contributed by atoms with Gasteiger partial charge < -0.3 is 20.1 Å². The maximum Gasteiger partial charge on any atom is 0.262 e. The number of fused-ring (bicyclic) bond motifs is 2. The number of aryl methyl sites for hydroxylation is 1. The van der Waals surface area contributed by atoms with Gasteiger partial charge in [0.25, 0.3) is 5.91 Å². The minimum absolute atomic E-state index is 0.0920. The fourth-order valence-electron chi connectivity index (χ4n) is 3.32. The van der Waals surface area contributed by atoms with Crippen LogP contribution in [0.15, 0.2) is 42.0 Å². The first-order valence-corrected chi connectivity index (χ1v) is 11.1. The van der Waals surface area contributed by atoms with Crippen molar-refractivity contribution in [2.75, 3.05) is 12.1 Å². The highest BCUT2D eigenvalue weighted by atomic mass is 32.1. The molecule has 1 aromatic carbocycles. The molecule has 0 spiro atoms. The number of carbonyl (C=O) groups excluding carboxylic acids is 1. The maximum atomic E-state index is 12.7. The van der Waals surface area contributed by atoms with Crippen LogP contribution in [0.5, 0.6) is 11.5 Å². The molecule has 0 saturated carbocycles. The molecular formula is C21H18N4O3S2. The number of thiophene rings is 2. The van der Waals surface area contributed by atoms with Gasteiger partial charge in [-0.1, -0.05) is 12.1 Å². The van der Waals surface area contributed by atoms with Crippen LogP contribution < -0.4 is 20.1 Å². The van der Waals surface area contributed by atoms with E-state index in [2.05, 4.69) is 20.6 Å². The predicted octanol–water partition coefficient (Wildman–Crippen LogP) is 4.33. The molecule has 0 saturated heterocycles. The Kier molecular flexibility index (Phi) is 4.97. The van der Waals surface area contributed by atoms with Crippen molar-refractivity contribution >= 4 is 44.6 Å². The SMILES string of the molecule is Cc1c(C(=O)NCc2cccs2)sc2ncnc(NCc3ccc4c(c3)OCO4)c12. The summed E-state index contributed by atoms with van der Waals surface area (Å²) in [5, 5.41) is 9.24. The predicted molar refractivity (Wildman–Crippen MR) is 118 cm³/mol. The van der Waals surface area contributed by atoms with Gasteiger partial charge in [0.2, 0.25) is 6.79 Å². The Bertz CT molecular complexity index is 1220. The Morgan fingerprint density at radius 3 is 2.93 bits per heavy atom. The van der Waals surface area contributed by atoms with Crippen LogP contribution in [0.2, 0.25) is 0 Å². The molecule has 152 valence electrons. The Balaban J connectivity index is 1.36. The lowest BCUT2D eigenvalue weighted by molar-refractivity contribution is 0.0955. The van der Waals surface area contributed by atoms with Crippen LogP contribution in [-0.2, 0) is 13.1 Å². The summed E-state index contributed by atoms with van der Waals surface area (Å²) in [5.74, 6) is 2.13. The summed E-state index contributed by atoms with van der Waals surface area (Å²) in [7, 11) is 0. The van der Waals surface area contributed by atoms with Crippen molar-refractivity contribution in [2.45, 2.75) is 20.0 Å². The zero-order valence-electron chi connectivity index (χ0n) is 16.1. The van der Waals surface area contributed by atoms with Crippen molar-refractivity contribution in [3.8, 4) is 11.5 Å². The molecule has 0 radical (unpaired) electrons. The van der Waals surface area contributed by atoms with E-state index >= 15 is 0 Å². The second kappa shape index (κ2) is 7.92. The zero-order chi connectivity index (χ0) is 20.5. The standard InChI is InChI=1S/C21H18N4O3S2/c1-12-17-19(22-8-13-4-5-15-16(7-13)28-11-27-15)24-10-25-21(17)30-18(12)20(26)23-9-14-3-2-6-29-14/h2-7,10H,8-9,11H2,1H3,(H,23,26)(H,22,24,25). The van der Waals surface area contributed by atoms with Crippen molar-refractivity contribution < 1.29 is 14.3 Å².